The monoisotopic (exact) mass is 219 g/mol. The zero-order chi connectivity index (χ0) is 9.84. The number of hydrogen-bond acceptors (Lipinski definition) is 4. The molecule has 0 saturated carbocycles. The van der Waals surface area contributed by atoms with Crippen LogP contribution < -0.4 is 4.72 Å². The summed E-state index contributed by atoms with van der Waals surface area (Å²) in [6.45, 7) is 0. The number of thiol groups is 1. The van der Waals surface area contributed by atoms with Gasteiger partial charge in [0, 0.05) is 5.69 Å². The van der Waals surface area contributed by atoms with Gasteiger partial charge in [-0.3, -0.25) is 4.72 Å². The zero-order valence-corrected chi connectivity index (χ0v) is 8.56. The van der Waals surface area contributed by atoms with Crippen LogP contribution in [0.15, 0.2) is 23.1 Å². The van der Waals surface area contributed by atoms with Gasteiger partial charge in [-0.15, -0.1) is 11.8 Å². The Kier molecular flexibility index (Phi) is 3.44. The van der Waals surface area contributed by atoms with Gasteiger partial charge in [-0.2, -0.15) is 0 Å². The van der Waals surface area contributed by atoms with Gasteiger partial charge in [-0.05, 0) is 24.5 Å². The molecule has 0 bridgehead atoms. The van der Waals surface area contributed by atoms with Gasteiger partial charge in [0.15, 0.2) is 0 Å². The van der Waals surface area contributed by atoms with E-state index >= 15 is 0 Å². The highest BCUT2D eigenvalue weighted by molar-refractivity contribution is 7.98. The molecule has 0 aliphatic carbocycles. The molecule has 1 rings (SSSR count). The van der Waals surface area contributed by atoms with Gasteiger partial charge in [0.1, 0.15) is 5.75 Å². The Balaban J connectivity index is 2.99. The lowest BCUT2D eigenvalue weighted by Crippen LogP contribution is -1.94. The summed E-state index contributed by atoms with van der Waals surface area (Å²) < 4.78 is 22.9. The van der Waals surface area contributed by atoms with Crippen molar-refractivity contribution in [2.24, 2.45) is 0 Å². The third-order valence-electron chi connectivity index (χ3n) is 1.40. The van der Waals surface area contributed by atoms with Crippen molar-refractivity contribution in [1.82, 2.24) is 0 Å². The standard InChI is InChI=1S/C7H9NO3S2/c1-12-7-4-5(8-13(10)11)2-3-6(7)9/h2-4,9,13H,1H3,(H,8,10,11). The van der Waals surface area contributed by atoms with E-state index in [2.05, 4.69) is 4.72 Å². The molecule has 0 fully saturated rings. The van der Waals surface area contributed by atoms with Crippen LogP contribution in [0.1, 0.15) is 0 Å². The van der Waals surface area contributed by atoms with Crippen molar-refractivity contribution in [2.45, 2.75) is 4.90 Å². The maximum absolute atomic E-state index is 10.3. The van der Waals surface area contributed by atoms with Crippen LogP contribution >= 0.6 is 11.8 Å². The average molecular weight is 219 g/mol. The molecule has 0 spiro atoms. The smallest absolute Gasteiger partial charge is 0.222 e. The molecule has 0 amide bonds. The molecule has 0 heterocycles. The van der Waals surface area contributed by atoms with E-state index in [4.69, 9.17) is 0 Å². The second-order valence-electron chi connectivity index (χ2n) is 2.26. The van der Waals surface area contributed by atoms with Crippen molar-refractivity contribution < 1.29 is 13.5 Å². The molecular formula is C7H9NO3S2. The van der Waals surface area contributed by atoms with Gasteiger partial charge in [0.25, 0.3) is 0 Å². The van der Waals surface area contributed by atoms with Crippen molar-refractivity contribution in [3.05, 3.63) is 18.2 Å². The summed E-state index contributed by atoms with van der Waals surface area (Å²) >= 11 is 1.35. The number of thioether (sulfide) groups is 1. The first-order chi connectivity index (χ1) is 6.13. The molecule has 72 valence electrons. The molecule has 6 heteroatoms. The summed E-state index contributed by atoms with van der Waals surface area (Å²) in [6, 6.07) is 4.53. The maximum Gasteiger partial charge on any atom is 0.222 e. The Bertz CT molecular complexity index is 368. The molecular weight excluding hydrogens is 210 g/mol. The zero-order valence-electron chi connectivity index (χ0n) is 6.85. The van der Waals surface area contributed by atoms with Crippen molar-refractivity contribution in [1.29, 1.82) is 0 Å². The van der Waals surface area contributed by atoms with Gasteiger partial charge >= 0.3 is 0 Å². The third kappa shape index (κ3) is 2.82. The van der Waals surface area contributed by atoms with E-state index in [0.29, 0.717) is 10.6 Å². The number of hydrogen-bond donors (Lipinski definition) is 3. The number of benzene rings is 1. The number of phenols is 1. The largest absolute Gasteiger partial charge is 0.507 e. The average Bonchev–Trinajstić information content (AvgIpc) is 2.07. The minimum Gasteiger partial charge on any atom is -0.507 e. The van der Waals surface area contributed by atoms with Crippen LogP contribution in [-0.4, -0.2) is 19.8 Å². The number of phenolic OH excluding ortho intramolecular Hbond substituents is 1. The first kappa shape index (κ1) is 10.2. The SMILES string of the molecule is CSc1cc(N[SH](=O)=O)ccc1O. The fraction of sp³-hybridized carbons (Fsp3) is 0.143. The Morgan fingerprint density at radius 3 is 2.69 bits per heavy atom. The summed E-state index contributed by atoms with van der Waals surface area (Å²) in [7, 11) is -2.64. The van der Waals surface area contributed by atoms with Gasteiger partial charge < -0.3 is 5.11 Å². The Morgan fingerprint density at radius 2 is 2.15 bits per heavy atom. The quantitative estimate of drug-likeness (QED) is 0.404. The summed E-state index contributed by atoms with van der Waals surface area (Å²) in [5.41, 5.74) is 0.457. The second-order valence-corrected chi connectivity index (χ2v) is 3.84. The lowest BCUT2D eigenvalue weighted by Gasteiger charge is -2.03. The van der Waals surface area contributed by atoms with E-state index in [1.165, 1.54) is 23.9 Å². The molecule has 0 saturated heterocycles. The van der Waals surface area contributed by atoms with Crippen molar-refractivity contribution >= 4 is 28.3 Å². The summed E-state index contributed by atoms with van der Waals surface area (Å²) in [5.74, 6) is 0.152. The summed E-state index contributed by atoms with van der Waals surface area (Å²) in [4.78, 5) is 0.641. The first-order valence-electron chi connectivity index (χ1n) is 3.41. The number of nitrogens with one attached hydrogen (secondary N) is 1. The Hall–Kier alpha value is -0.880. The number of rotatable bonds is 3. The highest BCUT2D eigenvalue weighted by Gasteiger charge is 2.00. The molecule has 0 aliphatic rings. The molecule has 1 aromatic rings. The molecule has 1 aromatic carbocycles. The molecule has 0 radical (unpaired) electrons. The topological polar surface area (TPSA) is 66.4 Å². The fourth-order valence-corrected chi connectivity index (χ4v) is 1.72. The van der Waals surface area contributed by atoms with Crippen LogP contribution in [-0.2, 0) is 10.9 Å². The molecule has 0 unspecified atom stereocenters. The Morgan fingerprint density at radius 1 is 1.46 bits per heavy atom. The van der Waals surface area contributed by atoms with Crippen molar-refractivity contribution in [2.75, 3.05) is 11.0 Å². The van der Waals surface area contributed by atoms with Gasteiger partial charge in [-0.25, -0.2) is 8.42 Å². The molecule has 0 atom stereocenters. The van der Waals surface area contributed by atoms with E-state index in [1.54, 1.807) is 12.3 Å². The normalized spacial score (nSPS) is 10.3. The van der Waals surface area contributed by atoms with Crippen molar-refractivity contribution in [3.8, 4) is 5.75 Å². The lowest BCUT2D eigenvalue weighted by atomic mass is 10.3. The highest BCUT2D eigenvalue weighted by Crippen LogP contribution is 2.29. The van der Waals surface area contributed by atoms with Gasteiger partial charge in [-0.1, -0.05) is 0 Å². The van der Waals surface area contributed by atoms with E-state index in [0.717, 1.165) is 0 Å². The number of aromatic hydroxyl groups is 1. The summed E-state index contributed by atoms with van der Waals surface area (Å²) in [5, 5.41) is 9.27. The van der Waals surface area contributed by atoms with Crippen LogP contribution in [0, 0.1) is 0 Å². The summed E-state index contributed by atoms with van der Waals surface area (Å²) in [6.07, 6.45) is 1.80. The molecule has 2 N–H and O–H groups in total. The fourth-order valence-electron chi connectivity index (χ4n) is 0.853. The molecule has 13 heavy (non-hydrogen) atoms. The molecule has 0 aliphatic heterocycles. The minimum absolute atomic E-state index is 0.152. The third-order valence-corrected chi connectivity index (χ3v) is 2.61. The maximum atomic E-state index is 10.3. The molecule has 0 aromatic heterocycles. The lowest BCUT2D eigenvalue weighted by molar-refractivity contribution is 0.462. The highest BCUT2D eigenvalue weighted by atomic mass is 32.2. The van der Waals surface area contributed by atoms with Crippen LogP contribution in [0.3, 0.4) is 0 Å². The van der Waals surface area contributed by atoms with Crippen molar-refractivity contribution in [3.63, 3.8) is 0 Å². The number of anilines is 1. The predicted octanol–water partition coefficient (Wildman–Crippen LogP) is 1.05. The van der Waals surface area contributed by atoms with E-state index in [9.17, 15) is 13.5 Å². The van der Waals surface area contributed by atoms with E-state index < -0.39 is 10.9 Å². The second kappa shape index (κ2) is 4.38. The van der Waals surface area contributed by atoms with Gasteiger partial charge in [0.05, 0.1) is 4.90 Å². The minimum atomic E-state index is -2.64. The van der Waals surface area contributed by atoms with Crippen LogP contribution in [0.4, 0.5) is 5.69 Å². The Labute approximate surface area is 82.1 Å². The van der Waals surface area contributed by atoms with E-state index in [1.807, 2.05) is 0 Å². The molecule has 4 nitrogen and oxygen atoms in total. The first-order valence-corrected chi connectivity index (χ1v) is 5.82. The van der Waals surface area contributed by atoms with Crippen LogP contribution in [0.2, 0.25) is 0 Å². The van der Waals surface area contributed by atoms with E-state index in [-0.39, 0.29) is 5.75 Å². The van der Waals surface area contributed by atoms with Gasteiger partial charge in [0.2, 0.25) is 10.9 Å². The van der Waals surface area contributed by atoms with Crippen LogP contribution in [0.25, 0.3) is 0 Å². The predicted molar refractivity (Wildman–Crippen MR) is 53.8 cm³/mol. The van der Waals surface area contributed by atoms with Crippen LogP contribution in [0.5, 0.6) is 5.75 Å².